The second kappa shape index (κ2) is 6.93. The van der Waals surface area contributed by atoms with Crippen LogP contribution >= 0.6 is 57.5 Å². The van der Waals surface area contributed by atoms with E-state index in [0.29, 0.717) is 38.4 Å². The maximum atomic E-state index is 12.9. The Morgan fingerprint density at radius 2 is 1.88 bits per heavy atom. The summed E-state index contributed by atoms with van der Waals surface area (Å²) in [5.41, 5.74) is 0. The van der Waals surface area contributed by atoms with Crippen molar-refractivity contribution >= 4 is 78.6 Å². The minimum atomic E-state index is -0.0582. The van der Waals surface area contributed by atoms with Gasteiger partial charge in [0.1, 0.15) is 4.88 Å². The number of thiophene rings is 1. The number of nitrogens with zero attached hydrogens (tertiary/aromatic N) is 3. The van der Waals surface area contributed by atoms with Crippen molar-refractivity contribution in [2.24, 2.45) is 0 Å². The van der Waals surface area contributed by atoms with Crippen LogP contribution in [0.15, 0.2) is 23.7 Å². The number of carbonyl (C=O) groups excluding carboxylic acids is 1. The van der Waals surface area contributed by atoms with Gasteiger partial charge in [-0.05, 0) is 12.1 Å². The Labute approximate surface area is 167 Å². The summed E-state index contributed by atoms with van der Waals surface area (Å²) >= 11 is 21.7. The smallest absolute Gasteiger partial charge is 0.265 e. The van der Waals surface area contributed by atoms with E-state index in [4.69, 9.17) is 34.8 Å². The summed E-state index contributed by atoms with van der Waals surface area (Å²) in [7, 11) is 0. The van der Waals surface area contributed by atoms with Gasteiger partial charge in [0.15, 0.2) is 5.13 Å². The number of hydrogen-bond acceptors (Lipinski definition) is 5. The van der Waals surface area contributed by atoms with Crippen molar-refractivity contribution in [1.82, 2.24) is 9.88 Å². The highest BCUT2D eigenvalue weighted by atomic mass is 35.5. The van der Waals surface area contributed by atoms with E-state index in [9.17, 15) is 4.79 Å². The number of fused-ring (bicyclic) bond motifs is 1. The number of amides is 1. The van der Waals surface area contributed by atoms with E-state index in [1.807, 2.05) is 10.3 Å². The van der Waals surface area contributed by atoms with Gasteiger partial charge in [-0.1, -0.05) is 34.8 Å². The molecule has 1 aliphatic heterocycles. The minimum absolute atomic E-state index is 0.0582. The first-order valence-corrected chi connectivity index (χ1v) is 10.4. The molecular weight excluding hydrogens is 421 g/mol. The van der Waals surface area contributed by atoms with Crippen LogP contribution in [0.5, 0.6) is 0 Å². The van der Waals surface area contributed by atoms with Gasteiger partial charge in [-0.15, -0.1) is 22.7 Å². The van der Waals surface area contributed by atoms with Gasteiger partial charge in [-0.2, -0.15) is 0 Å². The molecule has 0 radical (unpaired) electrons. The molecule has 3 aromatic rings. The summed E-state index contributed by atoms with van der Waals surface area (Å²) < 4.78 is 0.826. The summed E-state index contributed by atoms with van der Waals surface area (Å²) in [5, 5.41) is 5.06. The predicted molar refractivity (Wildman–Crippen MR) is 107 cm³/mol. The topological polar surface area (TPSA) is 36.4 Å². The average molecular weight is 433 g/mol. The molecule has 4 rings (SSSR count). The first-order valence-electron chi connectivity index (χ1n) is 7.55. The lowest BCUT2D eigenvalue weighted by molar-refractivity contribution is 0.0752. The van der Waals surface area contributed by atoms with E-state index in [-0.39, 0.29) is 5.91 Å². The molecular formula is C16H12Cl3N3OS2. The zero-order chi connectivity index (χ0) is 17.6. The normalized spacial score (nSPS) is 15.2. The van der Waals surface area contributed by atoms with Crippen molar-refractivity contribution in [2.75, 3.05) is 31.1 Å². The predicted octanol–water partition coefficient (Wildman–Crippen LogP) is 5.28. The highest BCUT2D eigenvalue weighted by Crippen LogP contribution is 2.41. The molecule has 0 spiro atoms. The number of halogens is 3. The highest BCUT2D eigenvalue weighted by Gasteiger charge is 2.27. The van der Waals surface area contributed by atoms with Crippen molar-refractivity contribution < 1.29 is 4.79 Å². The fourth-order valence-corrected chi connectivity index (χ4v) is 5.90. The van der Waals surface area contributed by atoms with Crippen LogP contribution in [0.2, 0.25) is 15.1 Å². The second-order valence-corrected chi connectivity index (χ2v) is 8.75. The molecule has 0 saturated carbocycles. The SMILES string of the molecule is O=C(c1sc2cc(Cl)cc(Cl)c2c1Cl)N1CCN(c2nccs2)CC1. The van der Waals surface area contributed by atoms with Crippen molar-refractivity contribution in [1.29, 1.82) is 0 Å². The Balaban J connectivity index is 1.57. The van der Waals surface area contributed by atoms with E-state index in [1.165, 1.54) is 11.3 Å². The number of hydrogen-bond donors (Lipinski definition) is 0. The van der Waals surface area contributed by atoms with Crippen molar-refractivity contribution in [3.63, 3.8) is 0 Å². The van der Waals surface area contributed by atoms with Gasteiger partial charge in [-0.3, -0.25) is 4.79 Å². The van der Waals surface area contributed by atoms with Gasteiger partial charge in [-0.25, -0.2) is 4.98 Å². The Kier molecular flexibility index (Phi) is 4.81. The molecule has 2 aromatic heterocycles. The van der Waals surface area contributed by atoms with Gasteiger partial charge in [0.2, 0.25) is 0 Å². The van der Waals surface area contributed by atoms with Gasteiger partial charge < -0.3 is 9.80 Å². The zero-order valence-corrected chi connectivity index (χ0v) is 16.7. The molecule has 1 aromatic carbocycles. The lowest BCUT2D eigenvalue weighted by Gasteiger charge is -2.34. The molecule has 25 heavy (non-hydrogen) atoms. The molecule has 0 aliphatic carbocycles. The van der Waals surface area contributed by atoms with E-state index >= 15 is 0 Å². The Hall–Kier alpha value is -1.05. The Morgan fingerprint density at radius 3 is 2.56 bits per heavy atom. The number of carbonyl (C=O) groups is 1. The lowest BCUT2D eigenvalue weighted by atomic mass is 10.2. The van der Waals surface area contributed by atoms with Crippen LogP contribution in [0.4, 0.5) is 5.13 Å². The third-order valence-electron chi connectivity index (χ3n) is 4.10. The van der Waals surface area contributed by atoms with Crippen LogP contribution < -0.4 is 4.90 Å². The molecule has 130 valence electrons. The van der Waals surface area contributed by atoms with Crippen molar-refractivity contribution in [2.45, 2.75) is 0 Å². The van der Waals surface area contributed by atoms with Crippen LogP contribution in [0.3, 0.4) is 0 Å². The molecule has 1 amide bonds. The summed E-state index contributed by atoms with van der Waals surface area (Å²) in [4.78, 5) is 21.8. The summed E-state index contributed by atoms with van der Waals surface area (Å²) in [6.07, 6.45) is 1.80. The maximum absolute atomic E-state index is 12.9. The molecule has 9 heteroatoms. The fraction of sp³-hybridized carbons (Fsp3) is 0.250. The summed E-state index contributed by atoms with van der Waals surface area (Å²) in [5.74, 6) is -0.0582. The third kappa shape index (κ3) is 3.22. The summed E-state index contributed by atoms with van der Waals surface area (Å²) in [6, 6.07) is 3.43. The number of aromatic nitrogens is 1. The molecule has 3 heterocycles. The largest absolute Gasteiger partial charge is 0.345 e. The lowest BCUT2D eigenvalue weighted by Crippen LogP contribution is -2.48. The zero-order valence-electron chi connectivity index (χ0n) is 12.8. The maximum Gasteiger partial charge on any atom is 0.265 e. The van der Waals surface area contributed by atoms with Gasteiger partial charge >= 0.3 is 0 Å². The first kappa shape index (κ1) is 17.4. The molecule has 0 unspecified atom stereocenters. The molecule has 0 bridgehead atoms. The van der Waals surface area contributed by atoms with Crippen LogP contribution in [-0.2, 0) is 0 Å². The number of thiazole rings is 1. The molecule has 4 nitrogen and oxygen atoms in total. The van der Waals surface area contributed by atoms with E-state index in [1.54, 1.807) is 29.7 Å². The molecule has 0 N–H and O–H groups in total. The number of anilines is 1. The minimum Gasteiger partial charge on any atom is -0.345 e. The van der Waals surface area contributed by atoms with E-state index in [0.717, 1.165) is 22.9 Å². The fourth-order valence-electron chi connectivity index (χ4n) is 2.87. The van der Waals surface area contributed by atoms with Crippen LogP contribution in [0.1, 0.15) is 9.67 Å². The number of benzene rings is 1. The summed E-state index contributed by atoms with van der Waals surface area (Å²) in [6.45, 7) is 2.79. The van der Waals surface area contributed by atoms with Gasteiger partial charge in [0.25, 0.3) is 5.91 Å². The number of rotatable bonds is 2. The van der Waals surface area contributed by atoms with Gasteiger partial charge in [0, 0.05) is 52.9 Å². The standard InChI is InChI=1S/C16H12Cl3N3OS2/c17-9-7-10(18)12-11(8-9)25-14(13(12)19)15(23)21-2-4-22(5-3-21)16-20-1-6-24-16/h1,6-8H,2-5H2. The van der Waals surface area contributed by atoms with Crippen LogP contribution in [-0.4, -0.2) is 42.0 Å². The Bertz CT molecular complexity index is 934. The Morgan fingerprint density at radius 1 is 1.12 bits per heavy atom. The van der Waals surface area contributed by atoms with Crippen molar-refractivity contribution in [3.8, 4) is 0 Å². The second-order valence-electron chi connectivity index (χ2n) is 5.60. The first-order chi connectivity index (χ1) is 12.0. The molecule has 0 atom stereocenters. The average Bonchev–Trinajstić information content (AvgIpc) is 3.23. The monoisotopic (exact) mass is 431 g/mol. The van der Waals surface area contributed by atoms with Crippen LogP contribution in [0, 0.1) is 0 Å². The van der Waals surface area contributed by atoms with Crippen LogP contribution in [0.25, 0.3) is 10.1 Å². The van der Waals surface area contributed by atoms with E-state index < -0.39 is 0 Å². The quantitative estimate of drug-likeness (QED) is 0.553. The van der Waals surface area contributed by atoms with E-state index in [2.05, 4.69) is 9.88 Å². The highest BCUT2D eigenvalue weighted by molar-refractivity contribution is 7.21. The van der Waals surface area contributed by atoms with Crippen molar-refractivity contribution in [3.05, 3.63) is 43.7 Å². The molecule has 1 saturated heterocycles. The molecule has 1 fully saturated rings. The molecule has 1 aliphatic rings. The third-order valence-corrected chi connectivity index (χ3v) is 7.06. The van der Waals surface area contributed by atoms with Gasteiger partial charge in [0.05, 0.1) is 10.0 Å². The number of piperazine rings is 1.